The Morgan fingerprint density at radius 2 is 2.14 bits per heavy atom. The van der Waals surface area contributed by atoms with Crippen LogP contribution in [0.4, 0.5) is 0 Å². The largest absolute Gasteiger partial charge is 0.379 e. The first-order valence-corrected chi connectivity index (χ1v) is 5.42. The monoisotopic (exact) mass is 197 g/mol. The molecule has 0 fully saturated rings. The van der Waals surface area contributed by atoms with Crippen LogP contribution >= 0.6 is 0 Å². The van der Waals surface area contributed by atoms with E-state index in [1.165, 1.54) is 6.42 Å². The topological polar surface area (TPSA) is 23.5 Å². The molecule has 0 saturated heterocycles. The molecule has 0 saturated carbocycles. The number of nitrogens with zero attached hydrogens (tertiary/aromatic N) is 1. The lowest BCUT2D eigenvalue weighted by Crippen LogP contribution is -2.33. The molecule has 1 N–H and O–H groups in total. The van der Waals surface area contributed by atoms with Crippen LogP contribution in [-0.4, -0.2) is 29.3 Å². The van der Waals surface area contributed by atoms with Crippen molar-refractivity contribution in [3.05, 3.63) is 24.8 Å². The third-order valence-corrected chi connectivity index (χ3v) is 2.27. The maximum Gasteiger partial charge on any atom is 0.104 e. The highest BCUT2D eigenvalue weighted by Crippen LogP contribution is 2.02. The van der Waals surface area contributed by atoms with Crippen LogP contribution in [0.1, 0.15) is 33.1 Å². The Morgan fingerprint density at radius 1 is 1.43 bits per heavy atom. The van der Waals surface area contributed by atoms with Gasteiger partial charge < -0.3 is 5.11 Å². The molecule has 0 rings (SSSR count). The molecule has 0 heterocycles. The summed E-state index contributed by atoms with van der Waals surface area (Å²) in [6.07, 6.45) is 9.01. The minimum absolute atomic E-state index is 0.316. The molecular formula is C12H23NO. The zero-order valence-corrected chi connectivity index (χ0v) is 9.45. The Labute approximate surface area is 87.9 Å². The van der Waals surface area contributed by atoms with E-state index in [-0.39, 0.29) is 6.23 Å². The van der Waals surface area contributed by atoms with Crippen molar-refractivity contribution in [1.82, 2.24) is 4.90 Å². The molecule has 0 radical (unpaired) electrons. The second kappa shape index (κ2) is 8.97. The molecule has 14 heavy (non-hydrogen) atoms. The number of hydrogen-bond donors (Lipinski definition) is 1. The normalized spacial score (nSPS) is 13.7. The van der Waals surface area contributed by atoms with E-state index >= 15 is 0 Å². The van der Waals surface area contributed by atoms with E-state index in [4.69, 9.17) is 0 Å². The zero-order chi connectivity index (χ0) is 10.8. The number of hydrogen-bond acceptors (Lipinski definition) is 2. The SMILES string of the molecule is C=CC=CCCCCN(CC)C(C)O. The smallest absolute Gasteiger partial charge is 0.104 e. The highest BCUT2D eigenvalue weighted by Gasteiger charge is 2.06. The highest BCUT2D eigenvalue weighted by molar-refractivity contribution is 4.96. The lowest BCUT2D eigenvalue weighted by atomic mass is 10.2. The third-order valence-electron chi connectivity index (χ3n) is 2.27. The van der Waals surface area contributed by atoms with Crippen molar-refractivity contribution in [3.8, 4) is 0 Å². The average molecular weight is 197 g/mol. The molecule has 2 heteroatoms. The van der Waals surface area contributed by atoms with Gasteiger partial charge in [0.05, 0.1) is 0 Å². The van der Waals surface area contributed by atoms with Gasteiger partial charge in [-0.15, -0.1) is 0 Å². The van der Waals surface area contributed by atoms with Gasteiger partial charge in [0.1, 0.15) is 6.23 Å². The van der Waals surface area contributed by atoms with Crippen LogP contribution in [0, 0.1) is 0 Å². The molecule has 0 spiro atoms. The maximum atomic E-state index is 9.35. The first-order chi connectivity index (χ1) is 6.72. The summed E-state index contributed by atoms with van der Waals surface area (Å²) in [4.78, 5) is 2.07. The second-order valence-electron chi connectivity index (χ2n) is 3.42. The van der Waals surface area contributed by atoms with E-state index in [0.29, 0.717) is 0 Å². The van der Waals surface area contributed by atoms with Crippen LogP contribution in [0.5, 0.6) is 0 Å². The van der Waals surface area contributed by atoms with E-state index in [2.05, 4.69) is 24.5 Å². The lowest BCUT2D eigenvalue weighted by Gasteiger charge is -2.23. The molecule has 0 aliphatic rings. The van der Waals surface area contributed by atoms with Crippen LogP contribution in [-0.2, 0) is 0 Å². The quantitative estimate of drug-likeness (QED) is 0.367. The van der Waals surface area contributed by atoms with Gasteiger partial charge in [-0.05, 0) is 32.7 Å². The molecule has 0 bridgehead atoms. The van der Waals surface area contributed by atoms with Gasteiger partial charge in [0.15, 0.2) is 0 Å². The summed E-state index contributed by atoms with van der Waals surface area (Å²) in [5, 5.41) is 9.35. The van der Waals surface area contributed by atoms with Crippen LogP contribution < -0.4 is 0 Å². The summed E-state index contributed by atoms with van der Waals surface area (Å²) < 4.78 is 0. The maximum absolute atomic E-state index is 9.35. The van der Waals surface area contributed by atoms with Gasteiger partial charge in [0.2, 0.25) is 0 Å². The van der Waals surface area contributed by atoms with Crippen LogP contribution in [0.15, 0.2) is 24.8 Å². The number of rotatable bonds is 8. The molecule has 0 aromatic heterocycles. The summed E-state index contributed by atoms with van der Waals surface area (Å²) >= 11 is 0. The summed E-state index contributed by atoms with van der Waals surface area (Å²) in [6.45, 7) is 9.41. The van der Waals surface area contributed by atoms with Gasteiger partial charge in [0, 0.05) is 6.54 Å². The fraction of sp³-hybridized carbons (Fsp3) is 0.667. The molecule has 82 valence electrons. The van der Waals surface area contributed by atoms with Crippen molar-refractivity contribution in [1.29, 1.82) is 0 Å². The minimum Gasteiger partial charge on any atom is -0.379 e. The van der Waals surface area contributed by atoms with Gasteiger partial charge in [0.25, 0.3) is 0 Å². The van der Waals surface area contributed by atoms with Crippen molar-refractivity contribution >= 4 is 0 Å². The average Bonchev–Trinajstić information content (AvgIpc) is 2.16. The number of aliphatic hydroxyl groups excluding tert-OH is 1. The van der Waals surface area contributed by atoms with Gasteiger partial charge in [-0.3, -0.25) is 4.90 Å². The lowest BCUT2D eigenvalue weighted by molar-refractivity contribution is 0.0215. The highest BCUT2D eigenvalue weighted by atomic mass is 16.3. The molecular weight excluding hydrogens is 174 g/mol. The molecule has 0 aliphatic heterocycles. The first kappa shape index (κ1) is 13.4. The summed E-state index contributed by atoms with van der Waals surface area (Å²) in [5.74, 6) is 0. The molecule has 1 unspecified atom stereocenters. The van der Waals surface area contributed by atoms with Crippen molar-refractivity contribution in [2.24, 2.45) is 0 Å². The molecule has 0 aromatic carbocycles. The number of unbranched alkanes of at least 4 members (excludes halogenated alkanes) is 2. The fourth-order valence-corrected chi connectivity index (χ4v) is 1.38. The van der Waals surface area contributed by atoms with E-state index in [0.717, 1.165) is 25.9 Å². The van der Waals surface area contributed by atoms with Crippen LogP contribution in [0.3, 0.4) is 0 Å². The Bertz CT molecular complexity index is 164. The molecule has 0 aromatic rings. The fourth-order valence-electron chi connectivity index (χ4n) is 1.38. The Kier molecular flexibility index (Phi) is 8.59. The van der Waals surface area contributed by atoms with E-state index < -0.39 is 0 Å². The molecule has 1 atom stereocenters. The number of allylic oxidation sites excluding steroid dienone is 3. The van der Waals surface area contributed by atoms with Gasteiger partial charge in [-0.2, -0.15) is 0 Å². The minimum atomic E-state index is -0.316. The predicted molar refractivity (Wildman–Crippen MR) is 62.1 cm³/mol. The Balaban J connectivity index is 3.42. The van der Waals surface area contributed by atoms with Gasteiger partial charge in [-0.25, -0.2) is 0 Å². The van der Waals surface area contributed by atoms with Crippen molar-refractivity contribution in [3.63, 3.8) is 0 Å². The van der Waals surface area contributed by atoms with Gasteiger partial charge >= 0.3 is 0 Å². The molecule has 2 nitrogen and oxygen atoms in total. The Morgan fingerprint density at radius 3 is 2.64 bits per heavy atom. The molecule has 0 amide bonds. The predicted octanol–water partition coefficient (Wildman–Crippen LogP) is 2.56. The van der Waals surface area contributed by atoms with Crippen molar-refractivity contribution < 1.29 is 5.11 Å². The van der Waals surface area contributed by atoms with E-state index in [9.17, 15) is 5.11 Å². The van der Waals surface area contributed by atoms with E-state index in [1.54, 1.807) is 6.08 Å². The second-order valence-corrected chi connectivity index (χ2v) is 3.42. The summed E-state index contributed by atoms with van der Waals surface area (Å²) in [7, 11) is 0. The van der Waals surface area contributed by atoms with Crippen molar-refractivity contribution in [2.75, 3.05) is 13.1 Å². The zero-order valence-electron chi connectivity index (χ0n) is 9.45. The van der Waals surface area contributed by atoms with Crippen LogP contribution in [0.2, 0.25) is 0 Å². The summed E-state index contributed by atoms with van der Waals surface area (Å²) in [6, 6.07) is 0. The first-order valence-electron chi connectivity index (χ1n) is 5.42. The molecule has 0 aliphatic carbocycles. The Hall–Kier alpha value is -0.600. The van der Waals surface area contributed by atoms with Gasteiger partial charge in [-0.1, -0.05) is 31.7 Å². The standard InChI is InChI=1S/C12H23NO/c1-4-6-7-8-9-10-11-13(5-2)12(3)14/h4,6-7,12,14H,1,5,8-11H2,2-3H3. The van der Waals surface area contributed by atoms with E-state index in [1.807, 2.05) is 13.0 Å². The van der Waals surface area contributed by atoms with Crippen molar-refractivity contribution in [2.45, 2.75) is 39.3 Å². The van der Waals surface area contributed by atoms with Crippen LogP contribution in [0.25, 0.3) is 0 Å². The number of aliphatic hydroxyl groups is 1. The summed E-state index contributed by atoms with van der Waals surface area (Å²) in [5.41, 5.74) is 0. The third kappa shape index (κ3) is 6.87.